The van der Waals surface area contributed by atoms with Crippen LogP contribution in [0.25, 0.3) is 0 Å². The maximum absolute atomic E-state index is 5.02. The average molecular weight is 175 g/mol. The first-order chi connectivity index (χ1) is 6.45. The van der Waals surface area contributed by atoms with Gasteiger partial charge in [-0.25, -0.2) is 4.98 Å². The predicted molar refractivity (Wildman–Crippen MR) is 48.1 cm³/mol. The van der Waals surface area contributed by atoms with Crippen molar-refractivity contribution in [1.82, 2.24) is 9.97 Å². The van der Waals surface area contributed by atoms with Crippen LogP contribution in [0.1, 0.15) is 5.56 Å². The number of rotatable bonds is 3. The number of hydrogen-bond acceptors (Lipinski definition) is 4. The zero-order valence-electron chi connectivity index (χ0n) is 6.97. The molecule has 66 valence electrons. The normalized spacial score (nSPS) is 9.85. The van der Waals surface area contributed by atoms with Crippen LogP contribution in [-0.4, -0.2) is 9.97 Å². The van der Waals surface area contributed by atoms with Gasteiger partial charge in [-0.15, -0.1) is 0 Å². The number of anilines is 1. The van der Waals surface area contributed by atoms with Gasteiger partial charge in [0.15, 0.2) is 0 Å². The second-order valence-corrected chi connectivity index (χ2v) is 2.55. The maximum atomic E-state index is 5.02. The summed E-state index contributed by atoms with van der Waals surface area (Å²) in [7, 11) is 0. The molecule has 0 amide bonds. The number of oxazole rings is 1. The Labute approximate surface area is 75.6 Å². The molecule has 2 rings (SSSR count). The molecule has 0 atom stereocenters. The van der Waals surface area contributed by atoms with E-state index in [0.29, 0.717) is 12.6 Å². The van der Waals surface area contributed by atoms with E-state index in [1.165, 1.54) is 6.26 Å². The van der Waals surface area contributed by atoms with E-state index in [9.17, 15) is 0 Å². The Balaban J connectivity index is 1.94. The molecule has 0 bridgehead atoms. The Morgan fingerprint density at radius 2 is 2.08 bits per heavy atom. The highest BCUT2D eigenvalue weighted by Gasteiger charge is 1.95. The van der Waals surface area contributed by atoms with Gasteiger partial charge in [0.2, 0.25) is 0 Å². The number of nitrogens with one attached hydrogen (secondary N) is 1. The van der Waals surface area contributed by atoms with E-state index in [1.54, 1.807) is 18.6 Å². The summed E-state index contributed by atoms with van der Waals surface area (Å²) in [5.74, 6) is 0. The molecule has 0 aromatic carbocycles. The third-order valence-corrected chi connectivity index (χ3v) is 1.63. The van der Waals surface area contributed by atoms with Crippen LogP contribution in [-0.2, 0) is 6.54 Å². The first-order valence-corrected chi connectivity index (χ1v) is 3.97. The smallest absolute Gasteiger partial charge is 0.294 e. The van der Waals surface area contributed by atoms with Crippen molar-refractivity contribution in [2.24, 2.45) is 0 Å². The first-order valence-electron chi connectivity index (χ1n) is 3.97. The fraction of sp³-hybridized carbons (Fsp3) is 0.111. The summed E-state index contributed by atoms with van der Waals surface area (Å²) >= 11 is 0. The molecule has 2 aromatic heterocycles. The second kappa shape index (κ2) is 3.71. The van der Waals surface area contributed by atoms with Crippen molar-refractivity contribution >= 4 is 6.01 Å². The average Bonchev–Trinajstić information content (AvgIpc) is 2.69. The van der Waals surface area contributed by atoms with E-state index in [4.69, 9.17) is 4.42 Å². The Bertz CT molecular complexity index is 344. The monoisotopic (exact) mass is 175 g/mol. The number of aromatic nitrogens is 2. The van der Waals surface area contributed by atoms with E-state index in [-0.39, 0.29) is 0 Å². The molecule has 1 N–H and O–H groups in total. The Kier molecular flexibility index (Phi) is 2.22. The SMILES string of the molecule is c1cc(CNc2ncco2)ccn1. The van der Waals surface area contributed by atoms with Gasteiger partial charge in [0.1, 0.15) is 6.26 Å². The highest BCUT2D eigenvalue weighted by atomic mass is 16.4. The molecule has 4 heteroatoms. The molecule has 2 heterocycles. The van der Waals surface area contributed by atoms with Crippen molar-refractivity contribution in [2.75, 3.05) is 5.32 Å². The number of nitrogens with zero attached hydrogens (tertiary/aromatic N) is 2. The summed E-state index contributed by atoms with van der Waals surface area (Å²) in [6.45, 7) is 0.697. The van der Waals surface area contributed by atoms with Gasteiger partial charge in [-0.1, -0.05) is 0 Å². The molecule has 0 radical (unpaired) electrons. The molecule has 0 spiro atoms. The van der Waals surface area contributed by atoms with E-state index in [2.05, 4.69) is 15.3 Å². The van der Waals surface area contributed by atoms with Crippen LogP contribution >= 0.6 is 0 Å². The second-order valence-electron chi connectivity index (χ2n) is 2.55. The molecule has 0 saturated carbocycles. The van der Waals surface area contributed by atoms with Gasteiger partial charge in [0.25, 0.3) is 6.01 Å². The lowest BCUT2D eigenvalue weighted by Gasteiger charge is -2.00. The lowest BCUT2D eigenvalue weighted by Crippen LogP contribution is -1.98. The zero-order valence-corrected chi connectivity index (χ0v) is 6.97. The minimum absolute atomic E-state index is 0.539. The minimum Gasteiger partial charge on any atom is -0.432 e. The van der Waals surface area contributed by atoms with Gasteiger partial charge in [-0.05, 0) is 17.7 Å². The summed E-state index contributed by atoms with van der Waals surface area (Å²) in [6.07, 6.45) is 6.66. The Hall–Kier alpha value is -1.84. The minimum atomic E-state index is 0.539. The van der Waals surface area contributed by atoms with E-state index in [1.807, 2.05) is 12.1 Å². The van der Waals surface area contributed by atoms with Crippen molar-refractivity contribution in [3.8, 4) is 0 Å². The number of pyridine rings is 1. The third-order valence-electron chi connectivity index (χ3n) is 1.63. The molecule has 13 heavy (non-hydrogen) atoms. The maximum Gasteiger partial charge on any atom is 0.294 e. The lowest BCUT2D eigenvalue weighted by molar-refractivity contribution is 0.571. The Morgan fingerprint density at radius 3 is 2.77 bits per heavy atom. The van der Waals surface area contributed by atoms with Crippen molar-refractivity contribution in [2.45, 2.75) is 6.54 Å². The fourth-order valence-electron chi connectivity index (χ4n) is 0.989. The summed E-state index contributed by atoms with van der Waals surface area (Å²) in [6, 6.07) is 4.42. The molecule has 0 aliphatic heterocycles. The molecule has 0 fully saturated rings. The van der Waals surface area contributed by atoms with Crippen molar-refractivity contribution in [3.63, 3.8) is 0 Å². The van der Waals surface area contributed by atoms with Gasteiger partial charge < -0.3 is 9.73 Å². The van der Waals surface area contributed by atoms with Gasteiger partial charge in [-0.2, -0.15) is 0 Å². The standard InChI is InChI=1S/C9H9N3O/c1-3-10-4-2-8(1)7-12-9-11-5-6-13-9/h1-6H,7H2,(H,11,12). The van der Waals surface area contributed by atoms with Crippen LogP contribution in [0.2, 0.25) is 0 Å². The molecule has 4 nitrogen and oxygen atoms in total. The van der Waals surface area contributed by atoms with Crippen LogP contribution in [0.5, 0.6) is 0 Å². The van der Waals surface area contributed by atoms with Crippen LogP contribution in [0.3, 0.4) is 0 Å². The quantitative estimate of drug-likeness (QED) is 0.771. The van der Waals surface area contributed by atoms with Crippen LogP contribution < -0.4 is 5.32 Å². The molecule has 0 aliphatic carbocycles. The first kappa shape index (κ1) is 7.79. The number of hydrogen-bond donors (Lipinski definition) is 1. The summed E-state index contributed by atoms with van der Waals surface area (Å²) in [4.78, 5) is 7.86. The summed E-state index contributed by atoms with van der Waals surface area (Å²) < 4.78 is 5.02. The van der Waals surface area contributed by atoms with Crippen LogP contribution in [0.15, 0.2) is 41.4 Å². The third kappa shape index (κ3) is 2.05. The van der Waals surface area contributed by atoms with Gasteiger partial charge >= 0.3 is 0 Å². The van der Waals surface area contributed by atoms with Crippen molar-refractivity contribution in [3.05, 3.63) is 42.5 Å². The molecule has 2 aromatic rings. The largest absolute Gasteiger partial charge is 0.432 e. The van der Waals surface area contributed by atoms with Gasteiger partial charge in [0, 0.05) is 18.9 Å². The molecule has 0 aliphatic rings. The van der Waals surface area contributed by atoms with Crippen LogP contribution in [0, 0.1) is 0 Å². The van der Waals surface area contributed by atoms with Gasteiger partial charge in [0.05, 0.1) is 6.20 Å². The van der Waals surface area contributed by atoms with Crippen molar-refractivity contribution < 1.29 is 4.42 Å². The highest BCUT2D eigenvalue weighted by Crippen LogP contribution is 2.04. The van der Waals surface area contributed by atoms with E-state index < -0.39 is 0 Å². The predicted octanol–water partition coefficient (Wildman–Crippen LogP) is 1.68. The summed E-state index contributed by atoms with van der Waals surface area (Å²) in [5, 5.41) is 3.04. The van der Waals surface area contributed by atoms with Crippen LogP contribution in [0.4, 0.5) is 6.01 Å². The highest BCUT2D eigenvalue weighted by molar-refractivity contribution is 5.22. The zero-order chi connectivity index (χ0) is 8.93. The molecular formula is C9H9N3O. The fourth-order valence-corrected chi connectivity index (χ4v) is 0.989. The van der Waals surface area contributed by atoms with E-state index >= 15 is 0 Å². The summed E-state index contributed by atoms with van der Waals surface area (Å²) in [5.41, 5.74) is 1.15. The topological polar surface area (TPSA) is 51.0 Å². The van der Waals surface area contributed by atoms with Crippen molar-refractivity contribution in [1.29, 1.82) is 0 Å². The molecular weight excluding hydrogens is 166 g/mol. The van der Waals surface area contributed by atoms with Gasteiger partial charge in [-0.3, -0.25) is 4.98 Å². The van der Waals surface area contributed by atoms with E-state index in [0.717, 1.165) is 5.56 Å². The Morgan fingerprint density at radius 1 is 1.23 bits per heavy atom. The molecule has 0 saturated heterocycles. The lowest BCUT2D eigenvalue weighted by atomic mass is 10.3. The molecule has 0 unspecified atom stereocenters.